The molecule has 0 spiro atoms. The normalized spacial score (nSPS) is 11.1. The first-order chi connectivity index (χ1) is 8.43. The lowest BCUT2D eigenvalue weighted by atomic mass is 10.2. The number of hydrogen-bond acceptors (Lipinski definition) is 2. The van der Waals surface area contributed by atoms with Gasteiger partial charge >= 0.3 is 0 Å². The van der Waals surface area contributed by atoms with Crippen LogP contribution in [0.5, 0.6) is 0 Å². The zero-order valence-corrected chi connectivity index (χ0v) is 10.7. The molecule has 1 aromatic carbocycles. The van der Waals surface area contributed by atoms with Gasteiger partial charge in [0.15, 0.2) is 0 Å². The van der Waals surface area contributed by atoms with Crippen molar-refractivity contribution in [2.24, 2.45) is 0 Å². The van der Waals surface area contributed by atoms with Crippen molar-refractivity contribution in [1.82, 2.24) is 0 Å². The average molecular weight is 255 g/mol. The van der Waals surface area contributed by atoms with Gasteiger partial charge in [0.05, 0.1) is 13.2 Å². The SMILES string of the molecule is ClCCC=CCCOCOCc1ccccc1. The molecule has 0 heterocycles. The predicted octanol–water partition coefficient (Wildman–Crippen LogP) is 3.75. The van der Waals surface area contributed by atoms with Crippen LogP contribution in [0, 0.1) is 0 Å². The standard InChI is InChI=1S/C14H19ClO2/c15-10-6-1-2-7-11-16-13-17-12-14-8-4-3-5-9-14/h1-5,8-9H,6-7,10-13H2. The van der Waals surface area contributed by atoms with E-state index in [0.717, 1.165) is 18.4 Å². The van der Waals surface area contributed by atoms with Gasteiger partial charge in [-0.1, -0.05) is 42.5 Å². The van der Waals surface area contributed by atoms with Crippen molar-refractivity contribution in [2.75, 3.05) is 19.3 Å². The van der Waals surface area contributed by atoms with Gasteiger partial charge in [-0.3, -0.25) is 0 Å². The Kier molecular flexibility index (Phi) is 8.65. The first-order valence-electron chi connectivity index (χ1n) is 5.84. The third-order valence-corrected chi connectivity index (χ3v) is 2.37. The Labute approximate surface area is 108 Å². The topological polar surface area (TPSA) is 18.5 Å². The van der Waals surface area contributed by atoms with E-state index >= 15 is 0 Å². The summed E-state index contributed by atoms with van der Waals surface area (Å²) in [6, 6.07) is 10.1. The monoisotopic (exact) mass is 254 g/mol. The highest BCUT2D eigenvalue weighted by atomic mass is 35.5. The van der Waals surface area contributed by atoms with Crippen LogP contribution in [0.15, 0.2) is 42.5 Å². The van der Waals surface area contributed by atoms with E-state index in [9.17, 15) is 0 Å². The first kappa shape index (κ1) is 14.2. The fraction of sp³-hybridized carbons (Fsp3) is 0.429. The van der Waals surface area contributed by atoms with Crippen LogP contribution in [-0.2, 0) is 16.1 Å². The maximum absolute atomic E-state index is 5.54. The van der Waals surface area contributed by atoms with Gasteiger partial charge in [0, 0.05) is 5.88 Å². The van der Waals surface area contributed by atoms with E-state index in [1.54, 1.807) is 0 Å². The molecule has 0 unspecified atom stereocenters. The van der Waals surface area contributed by atoms with E-state index in [0.29, 0.717) is 25.9 Å². The molecule has 0 saturated carbocycles. The molecule has 94 valence electrons. The van der Waals surface area contributed by atoms with Crippen molar-refractivity contribution in [1.29, 1.82) is 0 Å². The highest BCUT2D eigenvalue weighted by Gasteiger charge is 1.91. The van der Waals surface area contributed by atoms with Crippen LogP contribution in [0.2, 0.25) is 0 Å². The van der Waals surface area contributed by atoms with E-state index in [-0.39, 0.29) is 0 Å². The van der Waals surface area contributed by atoms with Crippen LogP contribution in [0.25, 0.3) is 0 Å². The van der Waals surface area contributed by atoms with Crippen LogP contribution < -0.4 is 0 Å². The predicted molar refractivity (Wildman–Crippen MR) is 71.1 cm³/mol. The van der Waals surface area contributed by atoms with Gasteiger partial charge in [0.2, 0.25) is 0 Å². The Balaban J connectivity index is 1.91. The number of allylic oxidation sites excluding steroid dienone is 1. The van der Waals surface area contributed by atoms with Crippen molar-refractivity contribution >= 4 is 11.6 Å². The maximum atomic E-state index is 5.54. The van der Waals surface area contributed by atoms with E-state index in [2.05, 4.69) is 12.2 Å². The van der Waals surface area contributed by atoms with Crippen LogP contribution in [0.4, 0.5) is 0 Å². The van der Waals surface area contributed by atoms with Gasteiger partial charge in [-0.05, 0) is 18.4 Å². The molecule has 3 heteroatoms. The third-order valence-electron chi connectivity index (χ3n) is 2.15. The number of rotatable bonds is 9. The summed E-state index contributed by atoms with van der Waals surface area (Å²) in [4.78, 5) is 0. The minimum absolute atomic E-state index is 0.345. The maximum Gasteiger partial charge on any atom is 0.147 e. The number of hydrogen-bond donors (Lipinski definition) is 0. The summed E-state index contributed by atoms with van der Waals surface area (Å²) in [6.45, 7) is 1.63. The highest BCUT2D eigenvalue weighted by molar-refractivity contribution is 6.17. The molecule has 0 aliphatic carbocycles. The Bertz CT molecular complexity index is 298. The van der Waals surface area contributed by atoms with Gasteiger partial charge in [0.25, 0.3) is 0 Å². The molecule has 2 nitrogen and oxygen atoms in total. The molecule has 1 rings (SSSR count). The molecule has 0 bridgehead atoms. The molecule has 0 aliphatic heterocycles. The van der Waals surface area contributed by atoms with Crippen LogP contribution in [0.1, 0.15) is 18.4 Å². The zero-order valence-electron chi connectivity index (χ0n) is 9.98. The fourth-order valence-electron chi connectivity index (χ4n) is 1.30. The lowest BCUT2D eigenvalue weighted by Crippen LogP contribution is -2.01. The Morgan fingerprint density at radius 3 is 2.53 bits per heavy atom. The quantitative estimate of drug-likeness (QED) is 0.289. The average Bonchev–Trinajstić information content (AvgIpc) is 2.38. The third kappa shape index (κ3) is 7.97. The van der Waals surface area contributed by atoms with Crippen molar-refractivity contribution in [2.45, 2.75) is 19.4 Å². The molecule has 0 aliphatic rings. The molecule has 1 aromatic rings. The smallest absolute Gasteiger partial charge is 0.147 e. The zero-order chi connectivity index (χ0) is 12.2. The minimum Gasteiger partial charge on any atom is -0.355 e. The van der Waals surface area contributed by atoms with E-state index in [4.69, 9.17) is 21.1 Å². The molecule has 0 atom stereocenters. The molecule has 0 fully saturated rings. The number of halogens is 1. The fourth-order valence-corrected chi connectivity index (χ4v) is 1.43. The molecular formula is C14H19ClO2. The van der Waals surface area contributed by atoms with Crippen LogP contribution in [0.3, 0.4) is 0 Å². The summed E-state index contributed by atoms with van der Waals surface area (Å²) in [5, 5.41) is 0. The second-order valence-electron chi connectivity index (χ2n) is 3.60. The lowest BCUT2D eigenvalue weighted by molar-refractivity contribution is -0.0600. The van der Waals surface area contributed by atoms with Crippen molar-refractivity contribution in [3.63, 3.8) is 0 Å². The van der Waals surface area contributed by atoms with E-state index < -0.39 is 0 Å². The lowest BCUT2D eigenvalue weighted by Gasteiger charge is -2.04. The number of alkyl halides is 1. The van der Waals surface area contributed by atoms with Gasteiger partial charge in [-0.15, -0.1) is 11.6 Å². The van der Waals surface area contributed by atoms with Crippen molar-refractivity contribution < 1.29 is 9.47 Å². The second-order valence-corrected chi connectivity index (χ2v) is 3.98. The summed E-state index contributed by atoms with van der Waals surface area (Å²) in [6.07, 6.45) is 5.98. The van der Waals surface area contributed by atoms with Crippen LogP contribution in [-0.4, -0.2) is 19.3 Å². The van der Waals surface area contributed by atoms with Crippen molar-refractivity contribution in [3.8, 4) is 0 Å². The van der Waals surface area contributed by atoms with Gasteiger partial charge in [-0.25, -0.2) is 0 Å². The Hall–Kier alpha value is -0.830. The highest BCUT2D eigenvalue weighted by Crippen LogP contribution is 2.00. The van der Waals surface area contributed by atoms with Crippen molar-refractivity contribution in [3.05, 3.63) is 48.0 Å². The van der Waals surface area contributed by atoms with Gasteiger partial charge in [-0.2, -0.15) is 0 Å². The molecule has 0 aromatic heterocycles. The summed E-state index contributed by atoms with van der Waals surface area (Å²) in [5.74, 6) is 0.678. The molecule has 0 saturated heterocycles. The minimum atomic E-state index is 0.345. The molecule has 0 radical (unpaired) electrons. The summed E-state index contributed by atoms with van der Waals surface area (Å²) in [7, 11) is 0. The van der Waals surface area contributed by atoms with Crippen LogP contribution >= 0.6 is 11.6 Å². The number of ether oxygens (including phenoxy) is 2. The second kappa shape index (κ2) is 10.3. The molecule has 0 amide bonds. The Morgan fingerprint density at radius 2 is 1.76 bits per heavy atom. The molecular weight excluding hydrogens is 236 g/mol. The van der Waals surface area contributed by atoms with Gasteiger partial charge in [0.1, 0.15) is 6.79 Å². The largest absolute Gasteiger partial charge is 0.355 e. The summed E-state index contributed by atoms with van der Waals surface area (Å²) in [5.41, 5.74) is 1.16. The molecule has 0 N–H and O–H groups in total. The number of benzene rings is 1. The summed E-state index contributed by atoms with van der Waals surface area (Å²) < 4.78 is 10.7. The Morgan fingerprint density at radius 1 is 1.00 bits per heavy atom. The summed E-state index contributed by atoms with van der Waals surface area (Å²) >= 11 is 5.54. The van der Waals surface area contributed by atoms with Gasteiger partial charge < -0.3 is 9.47 Å². The van der Waals surface area contributed by atoms with E-state index in [1.807, 2.05) is 30.3 Å². The molecule has 17 heavy (non-hydrogen) atoms. The van der Waals surface area contributed by atoms with E-state index in [1.165, 1.54) is 0 Å². The first-order valence-corrected chi connectivity index (χ1v) is 6.37.